The Morgan fingerprint density at radius 1 is 1.22 bits per heavy atom. The fourth-order valence-corrected chi connectivity index (χ4v) is 2.56. The number of hydrazone groups is 1. The van der Waals surface area contributed by atoms with E-state index in [1.54, 1.807) is 19.1 Å². The monoisotopic (exact) mass is 320 g/mol. The van der Waals surface area contributed by atoms with Gasteiger partial charge in [-0.3, -0.25) is 4.79 Å². The Hall–Kier alpha value is -2.87. The Kier molecular flexibility index (Phi) is 4.37. The van der Waals surface area contributed by atoms with E-state index in [1.807, 2.05) is 0 Å². The molecule has 0 aliphatic carbocycles. The van der Waals surface area contributed by atoms with E-state index in [0.717, 1.165) is 12.1 Å². The molecule has 118 valence electrons. The summed E-state index contributed by atoms with van der Waals surface area (Å²) in [6.07, 6.45) is -4.49. The lowest BCUT2D eigenvalue weighted by Gasteiger charge is -2.23. The molecular weight excluding hydrogens is 309 g/mol. The largest absolute Gasteiger partial charge is 0.416 e. The van der Waals surface area contributed by atoms with E-state index < -0.39 is 35.4 Å². The van der Waals surface area contributed by atoms with Crippen LogP contribution in [0.15, 0.2) is 29.4 Å². The number of amides is 1. The van der Waals surface area contributed by atoms with Crippen LogP contribution in [0.3, 0.4) is 0 Å². The molecular formula is C15H11F3N4O. The first kappa shape index (κ1) is 16.5. The number of halogens is 3. The third kappa shape index (κ3) is 3.16. The highest BCUT2D eigenvalue weighted by Gasteiger charge is 2.41. The quantitative estimate of drug-likeness (QED) is 0.928. The van der Waals surface area contributed by atoms with Gasteiger partial charge in [-0.25, -0.2) is 5.43 Å². The van der Waals surface area contributed by atoms with Crippen LogP contribution in [0, 0.1) is 34.5 Å². The van der Waals surface area contributed by atoms with E-state index in [9.17, 15) is 18.0 Å². The maximum absolute atomic E-state index is 12.6. The molecule has 8 heteroatoms. The first-order chi connectivity index (χ1) is 10.8. The third-order valence-electron chi connectivity index (χ3n) is 3.69. The first-order valence-corrected chi connectivity index (χ1v) is 6.60. The predicted octanol–water partition coefficient (Wildman–Crippen LogP) is 2.57. The molecule has 1 amide bonds. The molecule has 0 spiro atoms. The number of hydrogen-bond acceptors (Lipinski definition) is 4. The van der Waals surface area contributed by atoms with Crippen molar-refractivity contribution in [3.8, 4) is 12.1 Å². The fraction of sp³-hybridized carbons (Fsp3) is 0.333. The zero-order valence-electron chi connectivity index (χ0n) is 11.9. The lowest BCUT2D eigenvalue weighted by atomic mass is 9.75. The van der Waals surface area contributed by atoms with Gasteiger partial charge in [-0.2, -0.15) is 28.8 Å². The molecule has 1 aliphatic rings. The van der Waals surface area contributed by atoms with Crippen molar-refractivity contribution in [3.63, 3.8) is 0 Å². The summed E-state index contributed by atoms with van der Waals surface area (Å²) < 4.78 is 37.9. The lowest BCUT2D eigenvalue weighted by Crippen LogP contribution is -2.32. The fourth-order valence-electron chi connectivity index (χ4n) is 2.56. The van der Waals surface area contributed by atoms with Crippen molar-refractivity contribution in [2.45, 2.75) is 19.0 Å². The maximum atomic E-state index is 12.6. The second-order valence-electron chi connectivity index (χ2n) is 5.09. The molecule has 1 aliphatic heterocycles. The molecule has 0 radical (unpaired) electrons. The highest BCUT2D eigenvalue weighted by molar-refractivity contribution is 6.07. The van der Waals surface area contributed by atoms with Gasteiger partial charge in [-0.05, 0) is 24.6 Å². The second kappa shape index (κ2) is 6.09. The van der Waals surface area contributed by atoms with Crippen LogP contribution in [0.1, 0.15) is 24.0 Å². The summed E-state index contributed by atoms with van der Waals surface area (Å²) in [6.45, 7) is 1.56. The van der Waals surface area contributed by atoms with Crippen molar-refractivity contribution in [1.82, 2.24) is 5.43 Å². The van der Waals surface area contributed by atoms with Crippen LogP contribution >= 0.6 is 0 Å². The molecule has 0 bridgehead atoms. The highest BCUT2D eigenvalue weighted by atomic mass is 19.4. The number of carbonyl (C=O) groups excluding carboxylic acids is 1. The van der Waals surface area contributed by atoms with E-state index in [0.29, 0.717) is 11.3 Å². The number of nitrogens with zero attached hydrogens (tertiary/aromatic N) is 3. The minimum absolute atomic E-state index is 0.308. The summed E-state index contributed by atoms with van der Waals surface area (Å²) in [4.78, 5) is 11.9. The summed E-state index contributed by atoms with van der Waals surface area (Å²) in [5, 5.41) is 22.1. The standard InChI is InChI=1S/C15H11F3N4O/c1-8-12(14(23)22-21-8)13(10(6-19)7-20)9-2-4-11(5-3-9)15(16,17)18/h2-5,10,12-13H,1H3,(H,22,23)/t12-,13+/m0/s1. The number of carbonyl (C=O) groups is 1. The molecule has 1 aromatic carbocycles. The van der Waals surface area contributed by atoms with Gasteiger partial charge in [0.2, 0.25) is 5.91 Å². The number of nitrogens with one attached hydrogen (secondary N) is 1. The number of hydrogen-bond donors (Lipinski definition) is 1. The normalized spacial score (nSPS) is 18.8. The van der Waals surface area contributed by atoms with Gasteiger partial charge in [0.25, 0.3) is 0 Å². The molecule has 1 heterocycles. The van der Waals surface area contributed by atoms with E-state index >= 15 is 0 Å². The van der Waals surface area contributed by atoms with Crippen molar-refractivity contribution in [2.24, 2.45) is 16.9 Å². The summed E-state index contributed by atoms with van der Waals surface area (Å²) in [5.41, 5.74) is 2.11. The van der Waals surface area contributed by atoms with Gasteiger partial charge in [-0.1, -0.05) is 12.1 Å². The number of nitriles is 2. The average molecular weight is 320 g/mol. The van der Waals surface area contributed by atoms with Crippen molar-refractivity contribution in [1.29, 1.82) is 10.5 Å². The Balaban J connectivity index is 2.47. The van der Waals surface area contributed by atoms with Gasteiger partial charge in [-0.15, -0.1) is 0 Å². The van der Waals surface area contributed by atoms with Crippen molar-refractivity contribution in [3.05, 3.63) is 35.4 Å². The van der Waals surface area contributed by atoms with Gasteiger partial charge in [0, 0.05) is 11.6 Å². The molecule has 0 saturated heterocycles. The Labute approximate surface area is 130 Å². The Morgan fingerprint density at radius 3 is 2.17 bits per heavy atom. The SMILES string of the molecule is CC1=NNC(=O)[C@@H]1[C@H](c1ccc(C(F)(F)F)cc1)C(C#N)C#N. The van der Waals surface area contributed by atoms with E-state index in [4.69, 9.17) is 10.5 Å². The smallest absolute Gasteiger partial charge is 0.272 e. The van der Waals surface area contributed by atoms with Crippen LogP contribution in [-0.2, 0) is 11.0 Å². The maximum Gasteiger partial charge on any atom is 0.416 e. The first-order valence-electron chi connectivity index (χ1n) is 6.60. The van der Waals surface area contributed by atoms with Gasteiger partial charge >= 0.3 is 6.18 Å². The molecule has 5 nitrogen and oxygen atoms in total. The van der Waals surface area contributed by atoms with Crippen LogP contribution < -0.4 is 5.43 Å². The minimum atomic E-state index is -4.49. The van der Waals surface area contributed by atoms with E-state index in [-0.39, 0.29) is 0 Å². The lowest BCUT2D eigenvalue weighted by molar-refractivity contribution is -0.137. The Morgan fingerprint density at radius 2 is 1.78 bits per heavy atom. The molecule has 0 aromatic heterocycles. The topological polar surface area (TPSA) is 89.0 Å². The van der Waals surface area contributed by atoms with Crippen LogP contribution in [0.5, 0.6) is 0 Å². The van der Waals surface area contributed by atoms with Crippen LogP contribution in [0.4, 0.5) is 13.2 Å². The molecule has 1 aromatic rings. The molecule has 2 rings (SSSR count). The predicted molar refractivity (Wildman–Crippen MR) is 73.6 cm³/mol. The van der Waals surface area contributed by atoms with Crippen LogP contribution in [0.25, 0.3) is 0 Å². The summed E-state index contributed by atoms with van der Waals surface area (Å²) in [7, 11) is 0. The van der Waals surface area contributed by atoms with Gasteiger partial charge in [0.1, 0.15) is 5.92 Å². The summed E-state index contributed by atoms with van der Waals surface area (Å²) in [6, 6.07) is 7.70. The van der Waals surface area contributed by atoms with Crippen molar-refractivity contribution < 1.29 is 18.0 Å². The van der Waals surface area contributed by atoms with Crippen molar-refractivity contribution in [2.75, 3.05) is 0 Å². The minimum Gasteiger partial charge on any atom is -0.272 e. The van der Waals surface area contributed by atoms with Gasteiger partial charge < -0.3 is 0 Å². The third-order valence-corrected chi connectivity index (χ3v) is 3.69. The molecule has 1 N–H and O–H groups in total. The van der Waals surface area contributed by atoms with E-state index in [1.165, 1.54) is 12.1 Å². The zero-order valence-corrected chi connectivity index (χ0v) is 11.9. The molecule has 23 heavy (non-hydrogen) atoms. The average Bonchev–Trinajstić information content (AvgIpc) is 2.83. The molecule has 0 saturated carbocycles. The van der Waals surface area contributed by atoms with Crippen LogP contribution in [0.2, 0.25) is 0 Å². The number of rotatable bonds is 3. The number of benzene rings is 1. The van der Waals surface area contributed by atoms with E-state index in [2.05, 4.69) is 10.5 Å². The summed E-state index contributed by atoms with van der Waals surface area (Å²) in [5.74, 6) is -3.43. The van der Waals surface area contributed by atoms with Gasteiger partial charge in [0.15, 0.2) is 0 Å². The van der Waals surface area contributed by atoms with Crippen molar-refractivity contribution >= 4 is 11.6 Å². The summed E-state index contributed by atoms with van der Waals surface area (Å²) >= 11 is 0. The zero-order chi connectivity index (χ0) is 17.2. The molecule has 2 atom stereocenters. The molecule has 0 unspecified atom stereocenters. The van der Waals surface area contributed by atoms with Gasteiger partial charge in [0.05, 0.1) is 23.6 Å². The molecule has 0 fully saturated rings. The second-order valence-corrected chi connectivity index (χ2v) is 5.09. The number of alkyl halides is 3. The van der Waals surface area contributed by atoms with Crippen LogP contribution in [-0.4, -0.2) is 11.6 Å². The highest BCUT2D eigenvalue weighted by Crippen LogP contribution is 2.36. The Bertz CT molecular complexity index is 711.